The third kappa shape index (κ3) is 4.66. The number of amides is 4. The molecule has 15 nitrogen and oxygen atoms in total. The van der Waals surface area contributed by atoms with E-state index in [1.54, 1.807) is 98.6 Å². The molecule has 2 spiro atoms. The van der Waals surface area contributed by atoms with Crippen LogP contribution in [0, 0.1) is 0 Å². The summed E-state index contributed by atoms with van der Waals surface area (Å²) >= 11 is 0. The predicted octanol–water partition coefficient (Wildman–Crippen LogP) is 5.07. The lowest BCUT2D eigenvalue weighted by Crippen LogP contribution is -2.77. The van der Waals surface area contributed by atoms with Crippen molar-refractivity contribution < 1.29 is 36.0 Å². The first-order valence-electron chi connectivity index (χ1n) is 21.6. The van der Waals surface area contributed by atoms with E-state index in [9.17, 15) is 0 Å². The van der Waals surface area contributed by atoms with Crippen molar-refractivity contribution in [3.8, 4) is 0 Å². The summed E-state index contributed by atoms with van der Waals surface area (Å²) in [5.41, 5.74) is 3.88. The number of fused-ring (bicyclic) bond motifs is 11. The van der Waals surface area contributed by atoms with E-state index in [0.717, 1.165) is 0 Å². The second kappa shape index (κ2) is 13.7. The van der Waals surface area contributed by atoms with E-state index in [-0.39, 0.29) is 46.5 Å². The maximum atomic E-state index is 16.0. The van der Waals surface area contributed by atoms with Gasteiger partial charge in [-0.25, -0.2) is 25.4 Å². The molecule has 4 aromatic rings. The average molecular weight is 1000 g/mol. The molecule has 0 radical (unpaired) electrons. The minimum atomic E-state index is -4.62. The number of nitrogens with two attached hydrogens (primary N) is 1. The summed E-state index contributed by atoms with van der Waals surface area (Å²) in [5, 5.41) is 0. The molecule has 1 unspecified atom stereocenters. The molecule has 21 heteroatoms. The van der Waals surface area contributed by atoms with Crippen LogP contribution >= 0.6 is 43.2 Å². The highest BCUT2D eigenvalue weighted by Gasteiger charge is 2.90. The Morgan fingerprint density at radius 3 is 1.47 bits per heavy atom. The van der Waals surface area contributed by atoms with Crippen LogP contribution in [-0.4, -0.2) is 112 Å². The molecule has 8 fully saturated rings. The van der Waals surface area contributed by atoms with E-state index in [1.165, 1.54) is 90.8 Å². The van der Waals surface area contributed by atoms with E-state index in [0.29, 0.717) is 30.5 Å². The standard InChI is InChI=1S/C45H43N7O8S6/c1-40-36(53)49-34-42(26-44(49,63-61-40)38(55)47(40)3,30-20-10-12-22-32(30)51(34)65(57,58)28-16-6-4-7-17-28)43-27-45-39(56)48(25-15-14-24-46)41(2,62-64-45)37(54)50(45)35(43)52(33-23-13-11-21-31(33)43)66(59,60)29-18-8-5-9-19-29/h4-13,16-23,34-35H,14-15,24-27,46H2,1-3H3/t34-,35-,40-,41-,42-,43-,44?,45-/m0/s1. The minimum Gasteiger partial charge on any atom is -0.330 e. The molecule has 4 amide bonds. The van der Waals surface area contributed by atoms with E-state index in [1.807, 2.05) is 12.1 Å². The van der Waals surface area contributed by atoms with Gasteiger partial charge < -0.3 is 15.5 Å². The van der Waals surface area contributed by atoms with Crippen molar-refractivity contribution in [3.63, 3.8) is 0 Å². The molecular formula is C45H43N7O8S6. The van der Waals surface area contributed by atoms with Crippen molar-refractivity contribution in [1.82, 2.24) is 19.6 Å². The first kappa shape index (κ1) is 42.9. The van der Waals surface area contributed by atoms with Gasteiger partial charge in [-0.2, -0.15) is 0 Å². The summed E-state index contributed by atoms with van der Waals surface area (Å²) in [4.78, 5) is 62.3. The van der Waals surface area contributed by atoms with E-state index < -0.39 is 80.4 Å². The van der Waals surface area contributed by atoms with E-state index in [2.05, 4.69) is 0 Å². The molecule has 10 heterocycles. The summed E-state index contributed by atoms with van der Waals surface area (Å²) in [6.07, 6.45) is -2.25. The second-order valence-corrected chi connectivity index (χ2v) is 27.6. The Kier molecular flexibility index (Phi) is 8.88. The normalized spacial score (nSPS) is 34.8. The fraction of sp³-hybridized carbons (Fsp3) is 0.378. The van der Waals surface area contributed by atoms with Gasteiger partial charge in [-0.1, -0.05) is 116 Å². The van der Waals surface area contributed by atoms with Gasteiger partial charge in [0, 0.05) is 26.4 Å². The lowest BCUT2D eigenvalue weighted by molar-refractivity contribution is -0.165. The molecule has 2 N–H and O–H groups in total. The lowest BCUT2D eigenvalue weighted by atomic mass is 9.54. The number of carbonyl (C=O) groups is 4. The van der Waals surface area contributed by atoms with Gasteiger partial charge >= 0.3 is 0 Å². The Morgan fingerprint density at radius 2 is 0.985 bits per heavy atom. The molecule has 14 rings (SSSR count). The molecule has 10 aliphatic rings. The molecule has 4 aromatic carbocycles. The number of likely N-dealkylation sites (N-methyl/N-ethyl adjacent to an activating group) is 1. The van der Waals surface area contributed by atoms with Crippen LogP contribution in [0.25, 0.3) is 0 Å². The van der Waals surface area contributed by atoms with Crippen molar-refractivity contribution in [1.29, 1.82) is 0 Å². The van der Waals surface area contributed by atoms with Gasteiger partial charge in [0.05, 0.1) is 32.0 Å². The Balaban J connectivity index is 1.23. The maximum absolute atomic E-state index is 16.0. The third-order valence-corrected chi connectivity index (χ3v) is 26.3. The third-order valence-electron chi connectivity index (χ3n) is 15.4. The molecule has 0 saturated carbocycles. The van der Waals surface area contributed by atoms with Crippen LogP contribution in [0.2, 0.25) is 0 Å². The summed E-state index contributed by atoms with van der Waals surface area (Å²) in [7, 11) is -2.72. The van der Waals surface area contributed by atoms with Gasteiger partial charge in [-0.3, -0.25) is 29.0 Å². The monoisotopic (exact) mass is 1000 g/mol. The fourth-order valence-electron chi connectivity index (χ4n) is 12.4. The Hall–Kier alpha value is -4.38. The van der Waals surface area contributed by atoms with Crippen LogP contribution in [0.1, 0.15) is 50.7 Å². The maximum Gasteiger partial charge on any atom is 0.266 e. The molecule has 0 aliphatic carbocycles. The Morgan fingerprint density at radius 1 is 0.561 bits per heavy atom. The molecule has 342 valence electrons. The van der Waals surface area contributed by atoms with Crippen LogP contribution in [0.3, 0.4) is 0 Å². The zero-order valence-electron chi connectivity index (χ0n) is 35.8. The van der Waals surface area contributed by atoms with Crippen LogP contribution in [-0.2, 0) is 50.1 Å². The van der Waals surface area contributed by atoms with Crippen molar-refractivity contribution in [2.24, 2.45) is 5.73 Å². The second-order valence-electron chi connectivity index (χ2n) is 18.3. The number of unbranched alkanes of at least 4 members (excludes halogenated alkanes) is 1. The van der Waals surface area contributed by atoms with E-state index in [4.69, 9.17) is 5.73 Å². The Bertz CT molecular complexity index is 3080. The molecular weight excluding hydrogens is 959 g/mol. The lowest BCUT2D eigenvalue weighted by Gasteiger charge is -2.59. The van der Waals surface area contributed by atoms with Crippen molar-refractivity contribution in [2.45, 2.75) is 92.0 Å². The molecule has 4 bridgehead atoms. The first-order valence-corrected chi connectivity index (χ1v) is 28.7. The zero-order chi connectivity index (χ0) is 46.2. The molecule has 66 heavy (non-hydrogen) atoms. The van der Waals surface area contributed by atoms with Gasteiger partial charge in [0.1, 0.15) is 12.3 Å². The Labute approximate surface area is 398 Å². The molecule has 0 aromatic heterocycles. The number of rotatable bonds is 9. The van der Waals surface area contributed by atoms with Crippen molar-refractivity contribution in [3.05, 3.63) is 120 Å². The largest absolute Gasteiger partial charge is 0.330 e. The molecule has 8 saturated heterocycles. The topological polar surface area (TPSA) is 182 Å². The predicted molar refractivity (Wildman–Crippen MR) is 254 cm³/mol. The fourth-order valence-corrected chi connectivity index (χ4v) is 22.8. The summed E-state index contributed by atoms with van der Waals surface area (Å²) < 4.78 is 65.7. The number of piperazine rings is 2. The number of sulfonamides is 2. The number of hydrogen-bond acceptors (Lipinski definition) is 13. The average Bonchev–Trinajstić information content (AvgIpc) is 4.00. The van der Waals surface area contributed by atoms with Crippen molar-refractivity contribution in [2.75, 3.05) is 28.7 Å². The summed E-state index contributed by atoms with van der Waals surface area (Å²) in [5.74, 6) is -1.74. The van der Waals surface area contributed by atoms with Gasteiger partial charge in [0.2, 0.25) is 0 Å². The molecule has 8 atom stereocenters. The molecule has 10 aliphatic heterocycles. The van der Waals surface area contributed by atoms with Gasteiger partial charge in [0.15, 0.2) is 19.5 Å². The minimum absolute atomic E-state index is 0.0589. The van der Waals surface area contributed by atoms with Crippen LogP contribution < -0.4 is 14.3 Å². The highest BCUT2D eigenvalue weighted by Crippen LogP contribution is 2.80. The van der Waals surface area contributed by atoms with Gasteiger partial charge in [0.25, 0.3) is 43.7 Å². The zero-order valence-corrected chi connectivity index (χ0v) is 40.7. The number of nitrogens with zero attached hydrogens (tertiary/aromatic N) is 6. The quantitative estimate of drug-likeness (QED) is 0.174. The van der Waals surface area contributed by atoms with Gasteiger partial charge in [-0.15, -0.1) is 0 Å². The highest BCUT2D eigenvalue weighted by atomic mass is 33.1. The van der Waals surface area contributed by atoms with Crippen LogP contribution in [0.5, 0.6) is 0 Å². The number of anilines is 2. The number of carbonyl (C=O) groups excluding carboxylic acids is 4. The number of hydrogen-bond donors (Lipinski definition) is 1. The summed E-state index contributed by atoms with van der Waals surface area (Å²) in [6.45, 7) is 3.96. The first-order chi connectivity index (χ1) is 31.5. The van der Waals surface area contributed by atoms with Crippen molar-refractivity contribution >= 4 is 98.2 Å². The number of para-hydroxylation sites is 2. The SMILES string of the molecule is CN1C(=O)C23C[C@]4([C@]56C[C@@]78SS[C@@](C)(C(=O)N7[C@H]5N(S(=O)(=O)c5ccccc5)c5ccccc56)N(CCCCN)C8=O)c5ccccc5N(S(=O)(=O)c5ccccc5)[C@@H]4N2C(=O)[C@]1(C)SS3. The summed E-state index contributed by atoms with van der Waals surface area (Å²) in [6, 6.07) is 29.8. The van der Waals surface area contributed by atoms with E-state index >= 15 is 36.0 Å². The van der Waals surface area contributed by atoms with Gasteiger partial charge in [-0.05, 0) is 80.8 Å². The highest BCUT2D eigenvalue weighted by molar-refractivity contribution is 8.78. The number of benzene rings is 4. The smallest absolute Gasteiger partial charge is 0.266 e. The van der Waals surface area contributed by atoms with Crippen LogP contribution in [0.4, 0.5) is 11.4 Å². The van der Waals surface area contributed by atoms with Crippen LogP contribution in [0.15, 0.2) is 119 Å².